The number of rotatable bonds is 7. The van der Waals surface area contributed by atoms with Crippen LogP contribution in [-0.2, 0) is 0 Å². The molecule has 1 N–H and O–H groups in total. The summed E-state index contributed by atoms with van der Waals surface area (Å²) in [5, 5.41) is 3.90. The van der Waals surface area contributed by atoms with Crippen LogP contribution < -0.4 is 5.32 Å². The average molecular weight is 301 g/mol. The van der Waals surface area contributed by atoms with E-state index in [2.05, 4.69) is 12.2 Å². The zero-order chi connectivity index (χ0) is 13.4. The standard InChI is InChI=1S/C12H22F3NS2/c1-2-6-16-10(4-3-5-12(13,14)15)11-9-17-7-8-18-11/h10-11,16H,2-9H2,1H3. The number of alkyl halides is 3. The largest absolute Gasteiger partial charge is 0.389 e. The van der Waals surface area contributed by atoms with Crippen LogP contribution in [0.5, 0.6) is 0 Å². The van der Waals surface area contributed by atoms with Crippen molar-refractivity contribution in [1.82, 2.24) is 5.32 Å². The Morgan fingerprint density at radius 3 is 2.67 bits per heavy atom. The first-order valence-electron chi connectivity index (χ1n) is 6.52. The minimum atomic E-state index is -4.01. The summed E-state index contributed by atoms with van der Waals surface area (Å²) >= 11 is 3.84. The van der Waals surface area contributed by atoms with E-state index < -0.39 is 12.6 Å². The molecule has 0 amide bonds. The van der Waals surface area contributed by atoms with E-state index in [0.29, 0.717) is 11.7 Å². The van der Waals surface area contributed by atoms with Gasteiger partial charge in [0.1, 0.15) is 0 Å². The molecule has 1 fully saturated rings. The first-order chi connectivity index (χ1) is 8.53. The van der Waals surface area contributed by atoms with Crippen LogP contribution in [-0.4, -0.2) is 41.3 Å². The first-order valence-corrected chi connectivity index (χ1v) is 8.72. The van der Waals surface area contributed by atoms with Gasteiger partial charge in [0.25, 0.3) is 0 Å². The van der Waals surface area contributed by atoms with E-state index in [0.717, 1.165) is 24.5 Å². The molecule has 1 aliphatic rings. The van der Waals surface area contributed by atoms with Crippen LogP contribution in [0.15, 0.2) is 0 Å². The Morgan fingerprint density at radius 2 is 2.11 bits per heavy atom. The third kappa shape index (κ3) is 7.14. The van der Waals surface area contributed by atoms with Gasteiger partial charge in [-0.1, -0.05) is 6.92 Å². The van der Waals surface area contributed by atoms with Crippen molar-refractivity contribution in [3.05, 3.63) is 0 Å². The summed E-state index contributed by atoms with van der Waals surface area (Å²) in [5.41, 5.74) is 0. The van der Waals surface area contributed by atoms with Crippen molar-refractivity contribution in [1.29, 1.82) is 0 Å². The lowest BCUT2D eigenvalue weighted by atomic mass is 10.1. The van der Waals surface area contributed by atoms with Crippen molar-refractivity contribution in [3.63, 3.8) is 0 Å². The minimum Gasteiger partial charge on any atom is -0.313 e. The summed E-state index contributed by atoms with van der Waals surface area (Å²) in [6, 6.07) is 0.241. The SMILES string of the molecule is CCCNC(CCCC(F)(F)F)C1CSCCS1. The van der Waals surface area contributed by atoms with E-state index in [1.165, 1.54) is 5.75 Å². The normalized spacial score (nSPS) is 23.0. The predicted molar refractivity (Wildman–Crippen MR) is 75.6 cm³/mol. The van der Waals surface area contributed by atoms with Crippen LogP contribution in [0.3, 0.4) is 0 Å². The number of halogens is 3. The molecule has 0 radical (unpaired) electrons. The van der Waals surface area contributed by atoms with Crippen molar-refractivity contribution in [3.8, 4) is 0 Å². The Kier molecular flexibility index (Phi) is 7.87. The molecule has 1 rings (SSSR count). The fraction of sp³-hybridized carbons (Fsp3) is 1.00. The molecule has 108 valence electrons. The van der Waals surface area contributed by atoms with Gasteiger partial charge >= 0.3 is 6.18 Å². The molecule has 0 aromatic rings. The molecule has 1 nitrogen and oxygen atoms in total. The van der Waals surface area contributed by atoms with Gasteiger partial charge < -0.3 is 5.32 Å². The van der Waals surface area contributed by atoms with Crippen LogP contribution in [0.1, 0.15) is 32.6 Å². The molecular formula is C12H22F3NS2. The fourth-order valence-corrected chi connectivity index (χ4v) is 4.94. The lowest BCUT2D eigenvalue weighted by Crippen LogP contribution is -2.41. The van der Waals surface area contributed by atoms with Gasteiger partial charge in [0.2, 0.25) is 0 Å². The molecular weight excluding hydrogens is 279 g/mol. The van der Waals surface area contributed by atoms with E-state index in [1.807, 2.05) is 23.5 Å². The zero-order valence-corrected chi connectivity index (χ0v) is 12.4. The van der Waals surface area contributed by atoms with E-state index >= 15 is 0 Å². The van der Waals surface area contributed by atoms with Crippen molar-refractivity contribution in [2.75, 3.05) is 23.8 Å². The molecule has 0 spiro atoms. The second-order valence-corrected chi connectivity index (χ2v) is 7.05. The first kappa shape index (κ1) is 16.5. The van der Waals surface area contributed by atoms with Gasteiger partial charge in [-0.2, -0.15) is 36.7 Å². The fourth-order valence-electron chi connectivity index (χ4n) is 2.01. The lowest BCUT2D eigenvalue weighted by molar-refractivity contribution is -0.135. The Bertz CT molecular complexity index is 218. The van der Waals surface area contributed by atoms with E-state index in [-0.39, 0.29) is 12.5 Å². The molecule has 2 atom stereocenters. The van der Waals surface area contributed by atoms with Crippen LogP contribution in [0.4, 0.5) is 13.2 Å². The number of hydrogen-bond donors (Lipinski definition) is 1. The van der Waals surface area contributed by atoms with Crippen LogP contribution in [0, 0.1) is 0 Å². The van der Waals surface area contributed by atoms with Gasteiger partial charge in [-0.3, -0.25) is 0 Å². The quantitative estimate of drug-likeness (QED) is 0.765. The Morgan fingerprint density at radius 1 is 1.33 bits per heavy atom. The highest BCUT2D eigenvalue weighted by Gasteiger charge is 2.29. The average Bonchev–Trinajstić information content (AvgIpc) is 2.33. The highest BCUT2D eigenvalue weighted by atomic mass is 32.2. The van der Waals surface area contributed by atoms with E-state index in [9.17, 15) is 13.2 Å². The zero-order valence-electron chi connectivity index (χ0n) is 10.8. The van der Waals surface area contributed by atoms with E-state index in [4.69, 9.17) is 0 Å². The van der Waals surface area contributed by atoms with Crippen molar-refractivity contribution >= 4 is 23.5 Å². The summed E-state index contributed by atoms with van der Waals surface area (Å²) in [7, 11) is 0. The minimum absolute atomic E-state index is 0.241. The molecule has 18 heavy (non-hydrogen) atoms. The third-order valence-corrected chi connectivity index (χ3v) is 5.84. The highest BCUT2D eigenvalue weighted by Crippen LogP contribution is 2.29. The monoisotopic (exact) mass is 301 g/mol. The van der Waals surface area contributed by atoms with Crippen molar-refractivity contribution < 1.29 is 13.2 Å². The second kappa shape index (κ2) is 8.59. The summed E-state index contributed by atoms with van der Waals surface area (Å²) in [4.78, 5) is 0. The molecule has 0 aliphatic carbocycles. The summed E-state index contributed by atoms with van der Waals surface area (Å²) in [5.74, 6) is 3.36. The molecule has 0 bridgehead atoms. The van der Waals surface area contributed by atoms with Crippen LogP contribution >= 0.6 is 23.5 Å². The molecule has 1 aliphatic heterocycles. The smallest absolute Gasteiger partial charge is 0.313 e. The predicted octanol–water partition coefficient (Wildman–Crippen LogP) is 3.94. The van der Waals surface area contributed by atoms with Gasteiger partial charge in [0.15, 0.2) is 0 Å². The number of hydrogen-bond acceptors (Lipinski definition) is 3. The summed E-state index contributed by atoms with van der Waals surface area (Å²) < 4.78 is 36.5. The summed E-state index contributed by atoms with van der Waals surface area (Å²) in [6.07, 6.45) is -2.75. The molecule has 6 heteroatoms. The number of nitrogens with one attached hydrogen (secondary N) is 1. The topological polar surface area (TPSA) is 12.0 Å². The molecule has 0 aromatic carbocycles. The maximum absolute atomic E-state index is 12.2. The van der Waals surface area contributed by atoms with Crippen molar-refractivity contribution in [2.45, 2.75) is 50.1 Å². The van der Waals surface area contributed by atoms with Crippen molar-refractivity contribution in [2.24, 2.45) is 0 Å². The molecule has 2 unspecified atom stereocenters. The van der Waals surface area contributed by atoms with Gasteiger partial charge in [-0.25, -0.2) is 0 Å². The second-order valence-electron chi connectivity index (χ2n) is 4.55. The highest BCUT2D eigenvalue weighted by molar-refractivity contribution is 8.06. The summed E-state index contributed by atoms with van der Waals surface area (Å²) in [6.45, 7) is 2.99. The maximum atomic E-state index is 12.2. The molecule has 0 saturated carbocycles. The Balaban J connectivity index is 2.34. The maximum Gasteiger partial charge on any atom is 0.389 e. The molecule has 1 heterocycles. The van der Waals surface area contributed by atoms with Crippen LogP contribution in [0.2, 0.25) is 0 Å². The third-order valence-electron chi connectivity index (χ3n) is 2.92. The Labute approximate surface area is 116 Å². The van der Waals surface area contributed by atoms with E-state index in [1.54, 1.807) is 0 Å². The van der Waals surface area contributed by atoms with Gasteiger partial charge in [0, 0.05) is 35.0 Å². The van der Waals surface area contributed by atoms with Gasteiger partial charge in [0.05, 0.1) is 0 Å². The molecule has 0 aromatic heterocycles. The number of thioether (sulfide) groups is 2. The lowest BCUT2D eigenvalue weighted by Gasteiger charge is -2.30. The molecule has 1 saturated heterocycles. The Hall–Kier alpha value is 0.450. The van der Waals surface area contributed by atoms with Crippen LogP contribution in [0.25, 0.3) is 0 Å². The van der Waals surface area contributed by atoms with Gasteiger partial charge in [-0.05, 0) is 25.8 Å². The van der Waals surface area contributed by atoms with Gasteiger partial charge in [-0.15, -0.1) is 0 Å².